The van der Waals surface area contributed by atoms with E-state index in [1.807, 2.05) is 6.08 Å². The first-order chi connectivity index (χ1) is 29.1. The molecule has 0 spiro atoms. The van der Waals surface area contributed by atoms with Gasteiger partial charge in [-0.3, -0.25) is 4.79 Å². The molecule has 0 saturated carbocycles. The van der Waals surface area contributed by atoms with Crippen molar-refractivity contribution >= 4 is 5.91 Å². The second kappa shape index (κ2) is 34.0. The van der Waals surface area contributed by atoms with E-state index < -0.39 is 86.8 Å². The predicted molar refractivity (Wildman–Crippen MR) is 231 cm³/mol. The number of aliphatic hydroxyl groups excluding tert-OH is 8. The van der Waals surface area contributed by atoms with Crippen molar-refractivity contribution in [3.63, 3.8) is 0 Å². The van der Waals surface area contributed by atoms with Gasteiger partial charge in [0, 0.05) is 6.42 Å². The Balaban J connectivity index is 1.79. The van der Waals surface area contributed by atoms with Gasteiger partial charge in [-0.1, -0.05) is 160 Å². The molecule has 2 rings (SSSR count). The van der Waals surface area contributed by atoms with E-state index in [2.05, 4.69) is 31.3 Å². The molecule has 12 unspecified atom stereocenters. The van der Waals surface area contributed by atoms with Crippen molar-refractivity contribution in [1.29, 1.82) is 0 Å². The van der Waals surface area contributed by atoms with Crippen LogP contribution in [0.1, 0.15) is 168 Å². The third-order valence-electron chi connectivity index (χ3n) is 11.6. The SMILES string of the molecule is CCC/C=C/CC/C=C/C(O)C(COC1OC(CO)C(OC2OC(CO)C(O)C(O)C2O)C(O)C1O)NC(=O)CCCCCCCCCCCCCCCCCCCCC. The van der Waals surface area contributed by atoms with E-state index in [9.17, 15) is 45.6 Å². The van der Waals surface area contributed by atoms with Gasteiger partial charge in [-0.05, 0) is 25.7 Å². The largest absolute Gasteiger partial charge is 0.394 e. The molecule has 0 bridgehead atoms. The van der Waals surface area contributed by atoms with Crippen LogP contribution >= 0.6 is 0 Å². The molecule has 0 aromatic carbocycles. The summed E-state index contributed by atoms with van der Waals surface area (Å²) in [4.78, 5) is 13.1. The number of amides is 1. The van der Waals surface area contributed by atoms with Crippen LogP contribution in [0.25, 0.3) is 0 Å². The van der Waals surface area contributed by atoms with E-state index in [1.54, 1.807) is 6.08 Å². The molecule has 2 fully saturated rings. The van der Waals surface area contributed by atoms with E-state index in [4.69, 9.17) is 18.9 Å². The highest BCUT2D eigenvalue weighted by atomic mass is 16.7. The summed E-state index contributed by atoms with van der Waals surface area (Å²) in [5.74, 6) is -0.253. The minimum Gasteiger partial charge on any atom is -0.394 e. The van der Waals surface area contributed by atoms with Crippen molar-refractivity contribution in [2.75, 3.05) is 19.8 Å². The molecule has 14 heteroatoms. The summed E-state index contributed by atoms with van der Waals surface area (Å²) < 4.78 is 22.5. The topological polar surface area (TPSA) is 228 Å². The van der Waals surface area contributed by atoms with Crippen LogP contribution in [-0.2, 0) is 23.7 Å². The van der Waals surface area contributed by atoms with Gasteiger partial charge in [0.15, 0.2) is 12.6 Å². The minimum absolute atomic E-state index is 0.253. The second-order valence-corrected chi connectivity index (χ2v) is 16.9. The summed E-state index contributed by atoms with van der Waals surface area (Å²) in [6.45, 7) is 2.64. The Morgan fingerprint density at radius 1 is 0.583 bits per heavy atom. The molecule has 352 valence electrons. The van der Waals surface area contributed by atoms with E-state index >= 15 is 0 Å². The zero-order valence-electron chi connectivity index (χ0n) is 36.9. The Morgan fingerprint density at radius 3 is 1.60 bits per heavy atom. The summed E-state index contributed by atoms with van der Waals surface area (Å²) in [6, 6.07) is -0.923. The number of hydrogen-bond acceptors (Lipinski definition) is 13. The third kappa shape index (κ3) is 21.7. The number of hydrogen-bond donors (Lipinski definition) is 9. The van der Waals surface area contributed by atoms with Crippen molar-refractivity contribution in [3.05, 3.63) is 24.3 Å². The maximum absolute atomic E-state index is 13.1. The Hall–Kier alpha value is -1.53. The lowest BCUT2D eigenvalue weighted by Crippen LogP contribution is -2.65. The lowest BCUT2D eigenvalue weighted by molar-refractivity contribution is -0.359. The molecule has 2 heterocycles. The molecule has 2 aliphatic rings. The highest BCUT2D eigenvalue weighted by molar-refractivity contribution is 5.76. The molecule has 60 heavy (non-hydrogen) atoms. The molecule has 0 aromatic heterocycles. The average molecular weight is 860 g/mol. The molecule has 9 N–H and O–H groups in total. The van der Waals surface area contributed by atoms with Gasteiger partial charge in [0.1, 0.15) is 48.8 Å². The number of carbonyl (C=O) groups is 1. The molecule has 0 aromatic rings. The van der Waals surface area contributed by atoms with Crippen molar-refractivity contribution < 1.29 is 64.6 Å². The van der Waals surface area contributed by atoms with Gasteiger partial charge in [0.25, 0.3) is 0 Å². The second-order valence-electron chi connectivity index (χ2n) is 16.9. The first-order valence-corrected chi connectivity index (χ1v) is 23.6. The van der Waals surface area contributed by atoms with Crippen LogP contribution in [0.3, 0.4) is 0 Å². The maximum atomic E-state index is 13.1. The Kier molecular flexibility index (Phi) is 30.9. The predicted octanol–water partition coefficient (Wildman–Crippen LogP) is 4.99. The standard InChI is InChI=1S/C46H85NO13/c1-3-5-7-9-11-12-13-14-15-16-17-18-19-20-21-22-24-26-28-30-38(51)47-34(35(50)29-27-25-23-10-8-6-4-2)33-57-45-43(56)41(54)44(37(32-49)59-45)60-46-42(55)40(53)39(52)36(31-48)58-46/h8,10,27,29,34-37,39-46,48-50,52-56H,3-7,9,11-26,28,30-33H2,1-2H3,(H,47,51)/b10-8+,29-27+. The number of nitrogens with one attached hydrogen (secondary N) is 1. The highest BCUT2D eigenvalue weighted by Crippen LogP contribution is 2.30. The highest BCUT2D eigenvalue weighted by Gasteiger charge is 2.50. The summed E-state index contributed by atoms with van der Waals surface area (Å²) in [5, 5.41) is 86.2. The van der Waals surface area contributed by atoms with Gasteiger partial charge in [-0.2, -0.15) is 0 Å². The Labute approximate surface area is 360 Å². The van der Waals surface area contributed by atoms with Crippen molar-refractivity contribution in [2.45, 2.75) is 242 Å². The summed E-state index contributed by atoms with van der Waals surface area (Å²) in [5.41, 5.74) is 0. The molecular weight excluding hydrogens is 774 g/mol. The van der Waals surface area contributed by atoms with Gasteiger partial charge < -0.3 is 65.1 Å². The molecule has 2 aliphatic heterocycles. The normalized spacial score (nSPS) is 28.4. The monoisotopic (exact) mass is 860 g/mol. The summed E-state index contributed by atoms with van der Waals surface area (Å²) in [7, 11) is 0. The summed E-state index contributed by atoms with van der Waals surface area (Å²) >= 11 is 0. The van der Waals surface area contributed by atoms with Crippen LogP contribution in [0.2, 0.25) is 0 Å². The maximum Gasteiger partial charge on any atom is 0.220 e. The minimum atomic E-state index is -1.79. The fourth-order valence-corrected chi connectivity index (χ4v) is 7.72. The number of carbonyl (C=O) groups excluding carboxylic acids is 1. The molecule has 0 aliphatic carbocycles. The van der Waals surface area contributed by atoms with E-state index in [-0.39, 0.29) is 18.9 Å². The number of unbranched alkanes of at least 4 members (excludes halogenated alkanes) is 20. The lowest BCUT2D eigenvalue weighted by atomic mass is 9.97. The third-order valence-corrected chi connectivity index (χ3v) is 11.6. The summed E-state index contributed by atoms with van der Waals surface area (Å²) in [6.07, 6.45) is 18.4. The zero-order chi connectivity index (χ0) is 44.0. The first-order valence-electron chi connectivity index (χ1n) is 23.6. The fourth-order valence-electron chi connectivity index (χ4n) is 7.72. The fraction of sp³-hybridized carbons (Fsp3) is 0.891. The number of ether oxygens (including phenoxy) is 4. The van der Waals surface area contributed by atoms with Crippen LogP contribution in [0.4, 0.5) is 0 Å². The van der Waals surface area contributed by atoms with Crippen LogP contribution < -0.4 is 5.32 Å². The van der Waals surface area contributed by atoms with Crippen molar-refractivity contribution in [1.82, 2.24) is 5.32 Å². The smallest absolute Gasteiger partial charge is 0.220 e. The van der Waals surface area contributed by atoms with Crippen molar-refractivity contribution in [2.24, 2.45) is 0 Å². The Bertz CT molecular complexity index is 1110. The average Bonchev–Trinajstić information content (AvgIpc) is 3.24. The number of rotatable bonds is 35. The lowest BCUT2D eigenvalue weighted by Gasteiger charge is -2.46. The first kappa shape index (κ1) is 54.6. The van der Waals surface area contributed by atoms with Gasteiger partial charge in [0.2, 0.25) is 5.91 Å². The number of allylic oxidation sites excluding steroid dienone is 3. The van der Waals surface area contributed by atoms with Crippen LogP contribution in [0.15, 0.2) is 24.3 Å². The Morgan fingerprint density at radius 2 is 1.07 bits per heavy atom. The quantitative estimate of drug-likeness (QED) is 0.0303. The van der Waals surface area contributed by atoms with Gasteiger partial charge in [-0.15, -0.1) is 0 Å². The molecule has 0 radical (unpaired) electrons. The molecule has 2 saturated heterocycles. The van der Waals surface area contributed by atoms with Crippen molar-refractivity contribution in [3.8, 4) is 0 Å². The molecular formula is C46H85NO13. The molecule has 12 atom stereocenters. The van der Waals surface area contributed by atoms with E-state index in [0.29, 0.717) is 12.8 Å². The number of aliphatic hydroxyl groups is 8. The molecule has 14 nitrogen and oxygen atoms in total. The van der Waals surface area contributed by atoms with E-state index in [0.717, 1.165) is 38.5 Å². The zero-order valence-corrected chi connectivity index (χ0v) is 36.9. The van der Waals surface area contributed by atoms with Crippen LogP contribution in [0.5, 0.6) is 0 Å². The van der Waals surface area contributed by atoms with Gasteiger partial charge in [0.05, 0.1) is 32.0 Å². The molecule has 1 amide bonds. The van der Waals surface area contributed by atoms with E-state index in [1.165, 1.54) is 96.3 Å². The van der Waals surface area contributed by atoms with Gasteiger partial charge >= 0.3 is 0 Å². The van der Waals surface area contributed by atoms with Crippen LogP contribution in [0, 0.1) is 0 Å². The van der Waals surface area contributed by atoms with Gasteiger partial charge in [-0.25, -0.2) is 0 Å². The van der Waals surface area contributed by atoms with Crippen LogP contribution in [-0.4, -0.2) is 140 Å².